The molecule has 0 aromatic heterocycles. The van der Waals surface area contributed by atoms with Gasteiger partial charge in [0.2, 0.25) is 0 Å². The molecule has 0 aromatic rings. The SMILES string of the molecule is CCC(CN=O)OC. The monoisotopic (exact) mass is 117 g/mol. The zero-order valence-electron chi connectivity index (χ0n) is 5.26. The van der Waals surface area contributed by atoms with Crippen LogP contribution in [0.4, 0.5) is 0 Å². The van der Waals surface area contributed by atoms with Gasteiger partial charge in [-0.15, -0.1) is 0 Å². The number of nitrogens with zero attached hydrogens (tertiary/aromatic N) is 1. The summed E-state index contributed by atoms with van der Waals surface area (Å²) in [7, 11) is 1.58. The average Bonchev–Trinajstić information content (AvgIpc) is 1.83. The summed E-state index contributed by atoms with van der Waals surface area (Å²) in [6, 6.07) is 0. The van der Waals surface area contributed by atoms with E-state index in [4.69, 9.17) is 4.74 Å². The molecular weight excluding hydrogens is 106 g/mol. The Morgan fingerprint density at radius 3 is 2.50 bits per heavy atom. The van der Waals surface area contributed by atoms with E-state index in [1.807, 2.05) is 6.92 Å². The standard InChI is InChI=1S/C5H11NO2/c1-3-5(8-2)4-6-7/h5H,3-4H2,1-2H3. The highest BCUT2D eigenvalue weighted by Gasteiger charge is 2.01. The van der Waals surface area contributed by atoms with Gasteiger partial charge >= 0.3 is 0 Å². The molecule has 0 radical (unpaired) electrons. The summed E-state index contributed by atoms with van der Waals surface area (Å²) in [4.78, 5) is 9.60. The van der Waals surface area contributed by atoms with Gasteiger partial charge in [0.05, 0.1) is 6.10 Å². The Morgan fingerprint density at radius 2 is 2.38 bits per heavy atom. The van der Waals surface area contributed by atoms with Crippen molar-refractivity contribution < 1.29 is 4.74 Å². The third-order valence-corrected chi connectivity index (χ3v) is 1.07. The van der Waals surface area contributed by atoms with Crippen molar-refractivity contribution >= 4 is 0 Å². The normalized spacial score (nSPS) is 13.2. The second kappa shape index (κ2) is 4.71. The van der Waals surface area contributed by atoms with E-state index < -0.39 is 0 Å². The summed E-state index contributed by atoms with van der Waals surface area (Å²) in [5.74, 6) is 0. The number of nitroso groups, excluding NO2 is 1. The molecule has 0 rings (SSSR count). The van der Waals surface area contributed by atoms with Gasteiger partial charge < -0.3 is 4.74 Å². The van der Waals surface area contributed by atoms with Gasteiger partial charge in [0.1, 0.15) is 6.54 Å². The van der Waals surface area contributed by atoms with E-state index in [2.05, 4.69) is 5.18 Å². The van der Waals surface area contributed by atoms with Crippen LogP contribution in [0.3, 0.4) is 0 Å². The largest absolute Gasteiger partial charge is 0.379 e. The first-order chi connectivity index (χ1) is 3.85. The molecule has 0 saturated heterocycles. The van der Waals surface area contributed by atoms with Crippen molar-refractivity contribution in [2.75, 3.05) is 13.7 Å². The van der Waals surface area contributed by atoms with Crippen molar-refractivity contribution in [3.63, 3.8) is 0 Å². The molecule has 1 atom stereocenters. The van der Waals surface area contributed by atoms with Crippen LogP contribution in [-0.4, -0.2) is 19.8 Å². The highest BCUT2D eigenvalue weighted by Crippen LogP contribution is 1.94. The van der Waals surface area contributed by atoms with Gasteiger partial charge in [-0.1, -0.05) is 12.1 Å². The highest BCUT2D eigenvalue weighted by atomic mass is 16.5. The molecule has 0 aliphatic heterocycles. The Labute approximate surface area is 49.0 Å². The van der Waals surface area contributed by atoms with Crippen molar-refractivity contribution in [3.8, 4) is 0 Å². The molecule has 0 aliphatic rings. The lowest BCUT2D eigenvalue weighted by Crippen LogP contribution is -2.11. The minimum Gasteiger partial charge on any atom is -0.379 e. The van der Waals surface area contributed by atoms with E-state index >= 15 is 0 Å². The third-order valence-electron chi connectivity index (χ3n) is 1.07. The Balaban J connectivity index is 3.20. The van der Waals surface area contributed by atoms with Gasteiger partial charge in [0.15, 0.2) is 0 Å². The van der Waals surface area contributed by atoms with Crippen LogP contribution in [-0.2, 0) is 4.74 Å². The van der Waals surface area contributed by atoms with Gasteiger partial charge in [-0.2, -0.15) is 4.91 Å². The smallest absolute Gasteiger partial charge is 0.107 e. The Morgan fingerprint density at radius 1 is 1.75 bits per heavy atom. The Kier molecular flexibility index (Phi) is 4.45. The van der Waals surface area contributed by atoms with Crippen LogP contribution < -0.4 is 0 Å². The zero-order chi connectivity index (χ0) is 6.41. The van der Waals surface area contributed by atoms with Crippen molar-refractivity contribution in [3.05, 3.63) is 4.91 Å². The minimum absolute atomic E-state index is 0.0208. The first-order valence-corrected chi connectivity index (χ1v) is 2.67. The van der Waals surface area contributed by atoms with E-state index in [9.17, 15) is 4.91 Å². The number of methoxy groups -OCH3 is 1. The van der Waals surface area contributed by atoms with Gasteiger partial charge in [-0.25, -0.2) is 0 Å². The summed E-state index contributed by atoms with van der Waals surface area (Å²) in [6.45, 7) is 2.23. The fourth-order valence-electron chi connectivity index (χ4n) is 0.453. The molecule has 0 amide bonds. The topological polar surface area (TPSA) is 38.7 Å². The van der Waals surface area contributed by atoms with Gasteiger partial charge in [0, 0.05) is 7.11 Å². The lowest BCUT2D eigenvalue weighted by molar-refractivity contribution is 0.107. The van der Waals surface area contributed by atoms with Crippen LogP contribution in [0.5, 0.6) is 0 Å². The predicted molar refractivity (Wildman–Crippen MR) is 31.7 cm³/mol. The summed E-state index contributed by atoms with van der Waals surface area (Å²) in [5, 5.41) is 2.70. The maximum absolute atomic E-state index is 9.60. The van der Waals surface area contributed by atoms with Crippen LogP contribution in [0.2, 0.25) is 0 Å². The molecule has 0 saturated carbocycles. The number of hydrogen-bond acceptors (Lipinski definition) is 3. The second-order valence-corrected chi connectivity index (χ2v) is 1.58. The lowest BCUT2D eigenvalue weighted by atomic mass is 10.3. The van der Waals surface area contributed by atoms with E-state index in [0.29, 0.717) is 0 Å². The fraction of sp³-hybridized carbons (Fsp3) is 1.00. The molecule has 3 heteroatoms. The van der Waals surface area contributed by atoms with E-state index in [1.165, 1.54) is 0 Å². The van der Waals surface area contributed by atoms with Crippen LogP contribution in [0, 0.1) is 4.91 Å². The first kappa shape index (κ1) is 7.56. The van der Waals surface area contributed by atoms with Crippen LogP contribution in [0.15, 0.2) is 5.18 Å². The maximum atomic E-state index is 9.60. The molecule has 48 valence electrons. The first-order valence-electron chi connectivity index (χ1n) is 2.67. The molecular formula is C5H11NO2. The molecule has 0 fully saturated rings. The number of rotatable bonds is 4. The second-order valence-electron chi connectivity index (χ2n) is 1.58. The van der Waals surface area contributed by atoms with E-state index in [1.54, 1.807) is 7.11 Å². The third kappa shape index (κ3) is 2.69. The number of ether oxygens (including phenoxy) is 1. The molecule has 0 bridgehead atoms. The number of hydrogen-bond donors (Lipinski definition) is 0. The minimum atomic E-state index is 0.0208. The van der Waals surface area contributed by atoms with Crippen LogP contribution in [0.1, 0.15) is 13.3 Å². The fourth-order valence-corrected chi connectivity index (χ4v) is 0.453. The summed E-state index contributed by atoms with van der Waals surface area (Å²) < 4.78 is 4.85. The van der Waals surface area contributed by atoms with Gasteiger partial charge in [-0.05, 0) is 6.42 Å². The van der Waals surface area contributed by atoms with Crippen LogP contribution >= 0.6 is 0 Å². The summed E-state index contributed by atoms with van der Waals surface area (Å²) in [5.41, 5.74) is 0. The van der Waals surface area contributed by atoms with Crippen molar-refractivity contribution in [2.45, 2.75) is 19.4 Å². The molecule has 3 nitrogen and oxygen atoms in total. The molecule has 0 spiro atoms. The maximum Gasteiger partial charge on any atom is 0.107 e. The molecule has 0 aromatic carbocycles. The summed E-state index contributed by atoms with van der Waals surface area (Å²) in [6.07, 6.45) is 0.870. The molecule has 0 N–H and O–H groups in total. The van der Waals surface area contributed by atoms with Crippen molar-refractivity contribution in [1.29, 1.82) is 0 Å². The van der Waals surface area contributed by atoms with Crippen molar-refractivity contribution in [1.82, 2.24) is 0 Å². The van der Waals surface area contributed by atoms with E-state index in [-0.39, 0.29) is 12.6 Å². The highest BCUT2D eigenvalue weighted by molar-refractivity contribution is 4.55. The van der Waals surface area contributed by atoms with Crippen LogP contribution in [0.25, 0.3) is 0 Å². The molecule has 0 heterocycles. The zero-order valence-corrected chi connectivity index (χ0v) is 5.26. The van der Waals surface area contributed by atoms with E-state index in [0.717, 1.165) is 6.42 Å². The molecule has 1 unspecified atom stereocenters. The average molecular weight is 117 g/mol. The quantitative estimate of drug-likeness (QED) is 0.518. The lowest BCUT2D eigenvalue weighted by Gasteiger charge is -2.05. The van der Waals surface area contributed by atoms with Crippen molar-refractivity contribution in [2.24, 2.45) is 5.18 Å². The summed E-state index contributed by atoms with van der Waals surface area (Å²) >= 11 is 0. The predicted octanol–water partition coefficient (Wildman–Crippen LogP) is 1.18. The molecule has 8 heavy (non-hydrogen) atoms. The van der Waals surface area contributed by atoms with Gasteiger partial charge in [-0.3, -0.25) is 0 Å². The Hall–Kier alpha value is -0.440. The Bertz CT molecular complexity index is 61.4. The molecule has 0 aliphatic carbocycles. The van der Waals surface area contributed by atoms with Gasteiger partial charge in [0.25, 0.3) is 0 Å².